The van der Waals surface area contributed by atoms with E-state index in [1.807, 2.05) is 0 Å². The summed E-state index contributed by atoms with van der Waals surface area (Å²) in [5, 5.41) is 0.783. The number of thiophene rings is 1. The largest absolute Gasteiger partial charge is 0.462 e. The van der Waals surface area contributed by atoms with Crippen molar-refractivity contribution in [2.24, 2.45) is 0 Å². The van der Waals surface area contributed by atoms with Crippen molar-refractivity contribution >= 4 is 50.9 Å². The lowest BCUT2D eigenvalue weighted by atomic mass is 10.2. The molecular weight excluding hydrogens is 392 g/mol. The third-order valence-electron chi connectivity index (χ3n) is 3.62. The van der Waals surface area contributed by atoms with Crippen LogP contribution in [0.1, 0.15) is 38.3 Å². The van der Waals surface area contributed by atoms with E-state index in [0.717, 1.165) is 11.3 Å². The number of carbonyl (C=O) groups excluding carboxylic acids is 2. The van der Waals surface area contributed by atoms with E-state index in [2.05, 4.69) is 15.0 Å². The van der Waals surface area contributed by atoms with Gasteiger partial charge in [0.05, 0.1) is 17.6 Å². The number of anilines is 1. The Labute approximate surface area is 163 Å². The van der Waals surface area contributed by atoms with Crippen LogP contribution in [-0.2, 0) is 16.1 Å². The molecule has 0 aliphatic rings. The minimum atomic E-state index is -0.587. The van der Waals surface area contributed by atoms with Gasteiger partial charge in [0, 0.05) is 6.20 Å². The van der Waals surface area contributed by atoms with Gasteiger partial charge in [-0.3, -0.25) is 0 Å². The highest BCUT2D eigenvalue weighted by molar-refractivity contribution is 7.20. The molecule has 0 aromatic carbocycles. The minimum Gasteiger partial charge on any atom is -0.462 e. The van der Waals surface area contributed by atoms with Gasteiger partial charge in [0.2, 0.25) is 0 Å². The topological polar surface area (TPSA) is 117 Å². The molecule has 0 aliphatic heterocycles. The number of fused-ring (bicyclic) bond motifs is 1. The van der Waals surface area contributed by atoms with Gasteiger partial charge in [-0.25, -0.2) is 24.5 Å². The zero-order valence-corrected chi connectivity index (χ0v) is 16.1. The van der Waals surface area contributed by atoms with E-state index in [1.165, 1.54) is 18.3 Å². The number of nitrogen functional groups attached to an aromatic ring is 1. The molecule has 0 saturated heterocycles. The van der Waals surface area contributed by atoms with Crippen LogP contribution in [-0.4, -0.2) is 33.5 Å². The summed E-state index contributed by atoms with van der Waals surface area (Å²) in [4.78, 5) is 37.4. The molecule has 10 heteroatoms. The highest BCUT2D eigenvalue weighted by Gasteiger charge is 2.21. The standard InChI is InChI=1S/C17H15ClN4O4S/c1-3-25-17(24)13-8(2)12-14(19)21-11(22-15(12)27-13)7-26-16(23)9-4-5-20-10(18)6-9/h4-6H,3,7H2,1-2H3,(H2,19,21,22). The normalized spacial score (nSPS) is 10.8. The maximum absolute atomic E-state index is 12.1. The highest BCUT2D eigenvalue weighted by Crippen LogP contribution is 2.33. The Morgan fingerprint density at radius 1 is 1.26 bits per heavy atom. The van der Waals surface area contributed by atoms with Crippen molar-refractivity contribution in [3.05, 3.63) is 45.3 Å². The van der Waals surface area contributed by atoms with Gasteiger partial charge in [-0.2, -0.15) is 0 Å². The van der Waals surface area contributed by atoms with Gasteiger partial charge in [0.15, 0.2) is 12.4 Å². The number of ether oxygens (including phenoxy) is 2. The van der Waals surface area contributed by atoms with Crippen LogP contribution >= 0.6 is 22.9 Å². The number of nitrogens with zero attached hydrogens (tertiary/aromatic N) is 3. The van der Waals surface area contributed by atoms with Crippen molar-refractivity contribution in [1.82, 2.24) is 15.0 Å². The Bertz CT molecular complexity index is 1040. The molecule has 0 radical (unpaired) electrons. The maximum Gasteiger partial charge on any atom is 0.348 e. The molecule has 0 bridgehead atoms. The van der Waals surface area contributed by atoms with Gasteiger partial charge < -0.3 is 15.2 Å². The fourth-order valence-electron chi connectivity index (χ4n) is 2.41. The Morgan fingerprint density at radius 2 is 2.04 bits per heavy atom. The molecule has 0 atom stereocenters. The van der Waals surface area contributed by atoms with Crippen LogP contribution in [0.25, 0.3) is 10.2 Å². The lowest BCUT2D eigenvalue weighted by Gasteiger charge is -2.05. The Hall–Kier alpha value is -2.78. The average Bonchev–Trinajstić information content (AvgIpc) is 2.97. The van der Waals surface area contributed by atoms with Crippen molar-refractivity contribution in [2.75, 3.05) is 12.3 Å². The first-order valence-corrected chi connectivity index (χ1v) is 9.11. The van der Waals surface area contributed by atoms with E-state index in [9.17, 15) is 9.59 Å². The summed E-state index contributed by atoms with van der Waals surface area (Å²) in [6.07, 6.45) is 1.41. The number of aromatic nitrogens is 3. The van der Waals surface area contributed by atoms with Gasteiger partial charge in [0.25, 0.3) is 0 Å². The number of esters is 2. The Morgan fingerprint density at radius 3 is 2.74 bits per heavy atom. The maximum atomic E-state index is 12.1. The average molecular weight is 407 g/mol. The number of halogens is 1. The van der Waals surface area contributed by atoms with Crippen molar-refractivity contribution in [3.8, 4) is 0 Å². The molecule has 0 amide bonds. The fourth-order valence-corrected chi connectivity index (χ4v) is 3.69. The minimum absolute atomic E-state index is 0.176. The van der Waals surface area contributed by atoms with Crippen LogP contribution in [0.5, 0.6) is 0 Å². The molecule has 3 rings (SSSR count). The molecule has 2 N–H and O–H groups in total. The zero-order chi connectivity index (χ0) is 19.6. The van der Waals surface area contributed by atoms with E-state index in [4.69, 9.17) is 26.8 Å². The SMILES string of the molecule is CCOC(=O)c1sc2nc(COC(=O)c3ccnc(Cl)c3)nc(N)c2c1C. The number of aryl methyl sites for hydroxylation is 1. The molecule has 3 heterocycles. The molecule has 0 saturated carbocycles. The molecule has 27 heavy (non-hydrogen) atoms. The lowest BCUT2D eigenvalue weighted by Crippen LogP contribution is -2.08. The number of rotatable bonds is 5. The Kier molecular flexibility index (Phi) is 5.52. The van der Waals surface area contributed by atoms with Crippen LogP contribution in [0.3, 0.4) is 0 Å². The molecular formula is C17H15ClN4O4S. The molecule has 0 unspecified atom stereocenters. The van der Waals surface area contributed by atoms with E-state index in [1.54, 1.807) is 13.8 Å². The van der Waals surface area contributed by atoms with Crippen molar-refractivity contribution in [1.29, 1.82) is 0 Å². The summed E-state index contributed by atoms with van der Waals surface area (Å²) >= 11 is 6.92. The van der Waals surface area contributed by atoms with E-state index < -0.39 is 11.9 Å². The second-order valence-corrected chi connectivity index (χ2v) is 6.81. The summed E-state index contributed by atoms with van der Waals surface area (Å²) in [5.74, 6) is -0.580. The van der Waals surface area contributed by atoms with E-state index >= 15 is 0 Å². The van der Waals surface area contributed by atoms with Crippen LogP contribution in [0.2, 0.25) is 5.15 Å². The lowest BCUT2D eigenvalue weighted by molar-refractivity contribution is 0.0461. The molecule has 3 aromatic heterocycles. The van der Waals surface area contributed by atoms with E-state index in [-0.39, 0.29) is 35.6 Å². The van der Waals surface area contributed by atoms with Gasteiger partial charge in [-0.1, -0.05) is 11.6 Å². The van der Waals surface area contributed by atoms with Crippen LogP contribution in [0, 0.1) is 6.92 Å². The fraction of sp³-hybridized carbons (Fsp3) is 0.235. The van der Waals surface area contributed by atoms with Gasteiger partial charge in [-0.15, -0.1) is 11.3 Å². The molecule has 8 nitrogen and oxygen atoms in total. The number of hydrogen-bond donors (Lipinski definition) is 1. The number of hydrogen-bond acceptors (Lipinski definition) is 9. The van der Waals surface area contributed by atoms with Crippen LogP contribution in [0.15, 0.2) is 18.3 Å². The smallest absolute Gasteiger partial charge is 0.348 e. The number of nitrogens with two attached hydrogens (primary N) is 1. The van der Waals surface area contributed by atoms with Gasteiger partial charge in [0.1, 0.15) is 20.7 Å². The van der Waals surface area contributed by atoms with Gasteiger partial charge in [-0.05, 0) is 31.5 Å². The van der Waals surface area contributed by atoms with Gasteiger partial charge >= 0.3 is 11.9 Å². The number of carbonyl (C=O) groups is 2. The second kappa shape index (κ2) is 7.85. The summed E-state index contributed by atoms with van der Waals surface area (Å²) < 4.78 is 10.2. The third kappa shape index (κ3) is 3.99. The predicted octanol–water partition coefficient (Wildman–Crippen LogP) is 3.16. The first-order valence-electron chi connectivity index (χ1n) is 7.92. The van der Waals surface area contributed by atoms with Crippen molar-refractivity contribution < 1.29 is 19.1 Å². The van der Waals surface area contributed by atoms with Crippen molar-refractivity contribution in [2.45, 2.75) is 20.5 Å². The molecule has 0 spiro atoms. The first kappa shape index (κ1) is 19.0. The molecule has 3 aromatic rings. The van der Waals surface area contributed by atoms with Crippen LogP contribution in [0.4, 0.5) is 5.82 Å². The summed E-state index contributed by atoms with van der Waals surface area (Å²) in [6, 6.07) is 2.89. The van der Waals surface area contributed by atoms with E-state index in [0.29, 0.717) is 20.7 Å². The quantitative estimate of drug-likeness (QED) is 0.507. The molecule has 0 aliphatic carbocycles. The Balaban J connectivity index is 1.83. The monoisotopic (exact) mass is 406 g/mol. The third-order valence-corrected chi connectivity index (χ3v) is 4.99. The first-order chi connectivity index (χ1) is 12.9. The summed E-state index contributed by atoms with van der Waals surface area (Å²) in [7, 11) is 0. The summed E-state index contributed by atoms with van der Waals surface area (Å²) in [5.41, 5.74) is 6.95. The predicted molar refractivity (Wildman–Crippen MR) is 101 cm³/mol. The number of pyridine rings is 1. The molecule has 140 valence electrons. The van der Waals surface area contributed by atoms with Crippen molar-refractivity contribution in [3.63, 3.8) is 0 Å². The summed E-state index contributed by atoms with van der Waals surface area (Å²) in [6.45, 7) is 3.59. The van der Waals surface area contributed by atoms with Crippen LogP contribution < -0.4 is 5.73 Å². The molecule has 0 fully saturated rings. The highest BCUT2D eigenvalue weighted by atomic mass is 35.5. The second-order valence-electron chi connectivity index (χ2n) is 5.43. The zero-order valence-electron chi connectivity index (χ0n) is 14.5.